The molecule has 2 heterocycles. The van der Waals surface area contributed by atoms with Crippen LogP contribution >= 0.6 is 11.3 Å². The van der Waals surface area contributed by atoms with Crippen molar-refractivity contribution >= 4 is 32.6 Å². The predicted molar refractivity (Wildman–Crippen MR) is 111 cm³/mol. The van der Waals surface area contributed by atoms with Crippen molar-refractivity contribution in [2.24, 2.45) is 0 Å². The molecular weight excluding hydrogens is 374 g/mol. The summed E-state index contributed by atoms with van der Waals surface area (Å²) >= 11 is 1.51. The number of anilines is 1. The van der Waals surface area contributed by atoms with Gasteiger partial charge in [-0.3, -0.25) is 9.69 Å². The summed E-state index contributed by atoms with van der Waals surface area (Å²) < 4.78 is 11.9. The van der Waals surface area contributed by atoms with Crippen LogP contribution in [0.3, 0.4) is 0 Å². The summed E-state index contributed by atoms with van der Waals surface area (Å²) in [6, 6.07) is 11.5. The van der Waals surface area contributed by atoms with Gasteiger partial charge in [0.2, 0.25) is 6.79 Å². The van der Waals surface area contributed by atoms with E-state index in [1.165, 1.54) is 16.2 Å². The number of nitrogens with zero attached hydrogens (tertiary/aromatic N) is 2. The predicted octanol–water partition coefficient (Wildman–Crippen LogP) is 2.51. The second kappa shape index (κ2) is 7.77. The van der Waals surface area contributed by atoms with Gasteiger partial charge < -0.3 is 14.4 Å². The molecule has 1 aliphatic heterocycles. The number of aromatic nitrogens is 1. The third-order valence-electron chi connectivity index (χ3n) is 4.67. The van der Waals surface area contributed by atoms with Crippen LogP contribution in [-0.2, 0) is 0 Å². The highest BCUT2D eigenvalue weighted by Gasteiger charge is 2.23. The molecule has 1 amide bonds. The zero-order valence-corrected chi connectivity index (χ0v) is 17.1. The van der Waals surface area contributed by atoms with Gasteiger partial charge in [-0.25, -0.2) is 4.98 Å². The lowest BCUT2D eigenvalue weighted by molar-refractivity contribution is -0.858. The zero-order chi connectivity index (χ0) is 19.7. The largest absolute Gasteiger partial charge is 0.454 e. The number of fused-ring (bicyclic) bond motifs is 2. The number of thiazole rings is 1. The van der Waals surface area contributed by atoms with Crippen molar-refractivity contribution in [1.82, 2.24) is 4.98 Å². The summed E-state index contributed by atoms with van der Waals surface area (Å²) in [5.74, 6) is 1.42. The van der Waals surface area contributed by atoms with E-state index in [4.69, 9.17) is 14.5 Å². The van der Waals surface area contributed by atoms with Crippen LogP contribution in [0.1, 0.15) is 22.3 Å². The molecule has 7 heteroatoms. The molecule has 4 rings (SSSR count). The molecule has 1 aromatic heterocycles. The second-order valence-corrected chi connectivity index (χ2v) is 8.32. The van der Waals surface area contributed by atoms with Gasteiger partial charge in [-0.15, -0.1) is 0 Å². The maximum atomic E-state index is 13.3. The second-order valence-electron chi connectivity index (χ2n) is 7.31. The first-order valence-corrected chi connectivity index (χ1v) is 10.2. The quantitative estimate of drug-likeness (QED) is 0.693. The van der Waals surface area contributed by atoms with Crippen molar-refractivity contribution in [3.8, 4) is 11.5 Å². The number of aryl methyl sites for hydroxylation is 1. The molecule has 0 aliphatic carbocycles. The molecule has 1 N–H and O–H groups in total. The number of ether oxygens (including phenoxy) is 2. The van der Waals surface area contributed by atoms with Crippen molar-refractivity contribution in [2.75, 3.05) is 38.9 Å². The van der Waals surface area contributed by atoms with Crippen LogP contribution in [0.2, 0.25) is 0 Å². The number of nitrogens with one attached hydrogen (secondary N) is 1. The first-order valence-electron chi connectivity index (χ1n) is 9.39. The van der Waals surface area contributed by atoms with E-state index in [1.807, 2.05) is 43.3 Å². The maximum Gasteiger partial charge on any atom is 0.260 e. The highest BCUT2D eigenvalue weighted by Crippen LogP contribution is 2.40. The Balaban J connectivity index is 1.68. The lowest BCUT2D eigenvalue weighted by atomic mass is 10.1. The van der Waals surface area contributed by atoms with E-state index >= 15 is 0 Å². The Morgan fingerprint density at radius 1 is 1.21 bits per heavy atom. The number of hydrogen-bond acceptors (Lipinski definition) is 5. The van der Waals surface area contributed by atoms with Crippen molar-refractivity contribution in [2.45, 2.75) is 13.3 Å². The fourth-order valence-electron chi connectivity index (χ4n) is 3.23. The summed E-state index contributed by atoms with van der Waals surface area (Å²) in [6.07, 6.45) is 0.901. The molecule has 0 spiro atoms. The highest BCUT2D eigenvalue weighted by atomic mass is 32.1. The van der Waals surface area contributed by atoms with E-state index in [-0.39, 0.29) is 12.7 Å². The fraction of sp³-hybridized carbons (Fsp3) is 0.333. The summed E-state index contributed by atoms with van der Waals surface area (Å²) in [5.41, 5.74) is 2.58. The van der Waals surface area contributed by atoms with Crippen LogP contribution in [0.5, 0.6) is 11.5 Å². The molecule has 1 aliphatic rings. The molecule has 0 unspecified atom stereocenters. The van der Waals surface area contributed by atoms with Gasteiger partial charge >= 0.3 is 0 Å². The summed E-state index contributed by atoms with van der Waals surface area (Å²) in [6.45, 7) is 3.85. The first-order chi connectivity index (χ1) is 13.5. The molecule has 3 aromatic rings. The number of amides is 1. The average molecular weight is 399 g/mol. The van der Waals surface area contributed by atoms with Crippen LogP contribution in [0.25, 0.3) is 10.2 Å². The minimum atomic E-state index is -0.0171. The Bertz CT molecular complexity index is 974. The number of carbonyl (C=O) groups excluding carboxylic acids is 1. The smallest absolute Gasteiger partial charge is 0.260 e. The first kappa shape index (κ1) is 18.7. The van der Waals surface area contributed by atoms with Crippen molar-refractivity contribution < 1.29 is 19.2 Å². The summed E-state index contributed by atoms with van der Waals surface area (Å²) in [5, 5.41) is 0.707. The normalized spacial score (nSPS) is 12.7. The Hall–Kier alpha value is -2.64. The van der Waals surface area contributed by atoms with Gasteiger partial charge in [0.05, 0.1) is 30.9 Å². The Labute approximate surface area is 168 Å². The molecule has 0 bridgehead atoms. The van der Waals surface area contributed by atoms with Crippen molar-refractivity contribution in [1.29, 1.82) is 0 Å². The van der Waals surface area contributed by atoms with Gasteiger partial charge in [-0.2, -0.15) is 0 Å². The number of rotatable bonds is 6. The third kappa shape index (κ3) is 3.81. The molecule has 0 saturated carbocycles. The average Bonchev–Trinajstić information content (AvgIpc) is 3.28. The van der Waals surface area contributed by atoms with Gasteiger partial charge in [0.15, 0.2) is 16.6 Å². The summed E-state index contributed by atoms with van der Waals surface area (Å²) in [7, 11) is 4.23. The molecule has 0 fully saturated rings. The number of quaternary nitrogens is 1. The SMILES string of the molecule is Cc1cccc(C(=O)N(CCC[NH+](C)C)c2nc3cc4c(cc3s2)OCO4)c1. The van der Waals surface area contributed by atoms with Gasteiger partial charge in [-0.1, -0.05) is 29.0 Å². The molecule has 2 aromatic carbocycles. The van der Waals surface area contributed by atoms with Crippen LogP contribution in [-0.4, -0.2) is 44.9 Å². The Kier molecular flexibility index (Phi) is 5.19. The highest BCUT2D eigenvalue weighted by molar-refractivity contribution is 7.22. The minimum Gasteiger partial charge on any atom is -0.454 e. The van der Waals surface area contributed by atoms with Gasteiger partial charge in [-0.05, 0) is 19.1 Å². The molecule has 28 heavy (non-hydrogen) atoms. The van der Waals surface area contributed by atoms with Gasteiger partial charge in [0.1, 0.15) is 0 Å². The van der Waals surface area contributed by atoms with E-state index < -0.39 is 0 Å². The molecule has 0 radical (unpaired) electrons. The number of benzene rings is 2. The lowest BCUT2D eigenvalue weighted by Gasteiger charge is -2.20. The Morgan fingerprint density at radius 3 is 2.75 bits per heavy atom. The molecule has 0 saturated heterocycles. The Morgan fingerprint density at radius 2 is 2.00 bits per heavy atom. The zero-order valence-electron chi connectivity index (χ0n) is 16.3. The van der Waals surface area contributed by atoms with E-state index in [0.717, 1.165) is 34.5 Å². The van der Waals surface area contributed by atoms with Crippen LogP contribution < -0.4 is 19.3 Å². The topological polar surface area (TPSA) is 56.1 Å². The number of hydrogen-bond donors (Lipinski definition) is 1. The lowest BCUT2D eigenvalue weighted by Crippen LogP contribution is -3.05. The van der Waals surface area contributed by atoms with Crippen LogP contribution in [0.4, 0.5) is 5.13 Å². The minimum absolute atomic E-state index is 0.0171. The van der Waals surface area contributed by atoms with Crippen molar-refractivity contribution in [3.05, 3.63) is 47.5 Å². The van der Waals surface area contributed by atoms with Gasteiger partial charge in [0.25, 0.3) is 5.91 Å². The molecule has 0 atom stereocenters. The van der Waals surface area contributed by atoms with E-state index in [1.54, 1.807) is 4.90 Å². The molecule has 146 valence electrons. The third-order valence-corrected chi connectivity index (χ3v) is 5.71. The van der Waals surface area contributed by atoms with Gasteiger partial charge in [0, 0.05) is 30.7 Å². The fourth-order valence-corrected chi connectivity index (χ4v) is 4.23. The monoisotopic (exact) mass is 398 g/mol. The molecule has 6 nitrogen and oxygen atoms in total. The van der Waals surface area contributed by atoms with E-state index in [2.05, 4.69) is 14.1 Å². The maximum absolute atomic E-state index is 13.3. The van der Waals surface area contributed by atoms with Crippen LogP contribution in [0.15, 0.2) is 36.4 Å². The molecular formula is C21H24N3O3S+. The van der Waals surface area contributed by atoms with E-state index in [0.29, 0.717) is 23.0 Å². The standard InChI is InChI=1S/C21H23N3O3S/c1-14-6-4-7-15(10-14)20(25)24(9-5-8-23(2)3)21-22-16-11-17-18(27-13-26-17)12-19(16)28-21/h4,6-7,10-12H,5,8-9,13H2,1-3H3/p+1. The summed E-state index contributed by atoms with van der Waals surface area (Å²) in [4.78, 5) is 21.2. The van der Waals surface area contributed by atoms with Crippen LogP contribution in [0, 0.1) is 6.92 Å². The van der Waals surface area contributed by atoms with Crippen molar-refractivity contribution in [3.63, 3.8) is 0 Å². The number of carbonyl (C=O) groups is 1. The van der Waals surface area contributed by atoms with E-state index in [9.17, 15) is 4.79 Å².